The largest absolute Gasteiger partial charge is 0.368 e. The summed E-state index contributed by atoms with van der Waals surface area (Å²) >= 11 is 0. The molecule has 1 aliphatic carbocycles. The Morgan fingerprint density at radius 3 is 3.00 bits per heavy atom. The van der Waals surface area contributed by atoms with E-state index in [0.29, 0.717) is 12.6 Å². The number of benzene rings is 1. The summed E-state index contributed by atoms with van der Waals surface area (Å²) < 4.78 is 21.4. The Bertz CT molecular complexity index is 614. The van der Waals surface area contributed by atoms with Gasteiger partial charge >= 0.3 is 0 Å². The van der Waals surface area contributed by atoms with E-state index in [1.54, 1.807) is 0 Å². The summed E-state index contributed by atoms with van der Waals surface area (Å²) in [5.41, 5.74) is 1.75. The van der Waals surface area contributed by atoms with Crippen LogP contribution in [-0.2, 0) is 4.74 Å². The van der Waals surface area contributed by atoms with Crippen LogP contribution < -0.4 is 5.32 Å². The molecule has 0 amide bonds. The molecule has 1 aromatic heterocycles. The van der Waals surface area contributed by atoms with Gasteiger partial charge in [-0.1, -0.05) is 0 Å². The zero-order valence-electron chi connectivity index (χ0n) is 10.6. The van der Waals surface area contributed by atoms with Gasteiger partial charge in [0.2, 0.25) is 0 Å². The average molecular weight is 261 g/mol. The Morgan fingerprint density at radius 2 is 2.26 bits per heavy atom. The van der Waals surface area contributed by atoms with Gasteiger partial charge in [-0.2, -0.15) is 0 Å². The zero-order valence-corrected chi connectivity index (χ0v) is 10.6. The van der Waals surface area contributed by atoms with E-state index in [2.05, 4.69) is 14.9 Å². The molecule has 1 aromatic carbocycles. The quantitative estimate of drug-likeness (QED) is 0.900. The van der Waals surface area contributed by atoms with Gasteiger partial charge in [0, 0.05) is 25.2 Å². The van der Waals surface area contributed by atoms with Crippen molar-refractivity contribution in [3.8, 4) is 0 Å². The van der Waals surface area contributed by atoms with Gasteiger partial charge < -0.3 is 14.6 Å². The first-order valence-electron chi connectivity index (χ1n) is 6.82. The number of rotatable bonds is 2. The van der Waals surface area contributed by atoms with Crippen LogP contribution in [0.5, 0.6) is 0 Å². The van der Waals surface area contributed by atoms with E-state index in [1.807, 2.05) is 6.07 Å². The van der Waals surface area contributed by atoms with Crippen molar-refractivity contribution >= 4 is 11.0 Å². The van der Waals surface area contributed by atoms with Gasteiger partial charge in [0.05, 0.1) is 17.6 Å². The fraction of sp³-hybridized carbons (Fsp3) is 0.500. The number of ether oxygens (including phenoxy) is 1. The Morgan fingerprint density at radius 1 is 1.37 bits per heavy atom. The van der Waals surface area contributed by atoms with E-state index >= 15 is 0 Å². The number of morpholine rings is 1. The van der Waals surface area contributed by atoms with Gasteiger partial charge in [0.1, 0.15) is 17.7 Å². The summed E-state index contributed by atoms with van der Waals surface area (Å²) in [4.78, 5) is 4.62. The van der Waals surface area contributed by atoms with Crippen LogP contribution in [0.25, 0.3) is 11.0 Å². The summed E-state index contributed by atoms with van der Waals surface area (Å²) in [5.74, 6) is 0.706. The molecule has 4 rings (SSSR count). The van der Waals surface area contributed by atoms with Crippen molar-refractivity contribution in [1.82, 2.24) is 14.9 Å². The number of halogens is 1. The van der Waals surface area contributed by atoms with Crippen molar-refractivity contribution < 1.29 is 9.13 Å². The van der Waals surface area contributed by atoms with Crippen LogP contribution in [-0.4, -0.2) is 29.2 Å². The van der Waals surface area contributed by atoms with Crippen molar-refractivity contribution in [3.63, 3.8) is 0 Å². The minimum atomic E-state index is -0.234. The predicted octanol–water partition coefficient (Wildman–Crippen LogP) is 2.17. The number of fused-ring (bicyclic) bond motifs is 1. The molecule has 19 heavy (non-hydrogen) atoms. The monoisotopic (exact) mass is 261 g/mol. The minimum absolute atomic E-state index is 0.0233. The molecule has 1 aliphatic heterocycles. The first-order valence-corrected chi connectivity index (χ1v) is 6.82. The summed E-state index contributed by atoms with van der Waals surface area (Å²) in [6.45, 7) is 2.36. The molecule has 2 aromatic rings. The number of nitrogens with zero attached hydrogens (tertiary/aromatic N) is 2. The van der Waals surface area contributed by atoms with Crippen LogP contribution in [0.1, 0.15) is 30.8 Å². The Balaban J connectivity index is 1.85. The highest BCUT2D eigenvalue weighted by Crippen LogP contribution is 2.40. The van der Waals surface area contributed by atoms with Gasteiger partial charge in [-0.25, -0.2) is 9.37 Å². The first-order chi connectivity index (χ1) is 9.33. The molecule has 1 saturated heterocycles. The summed E-state index contributed by atoms with van der Waals surface area (Å²) in [5, 5.41) is 3.32. The van der Waals surface area contributed by atoms with Gasteiger partial charge in [-0.15, -0.1) is 0 Å². The molecule has 2 heterocycles. The van der Waals surface area contributed by atoms with Crippen molar-refractivity contribution in [2.45, 2.75) is 25.0 Å². The third kappa shape index (κ3) is 1.93. The lowest BCUT2D eigenvalue weighted by Crippen LogP contribution is -2.34. The summed E-state index contributed by atoms with van der Waals surface area (Å²) in [6, 6.07) is 5.35. The standard InChI is InChI=1S/C14H16FN3O/c15-9-1-4-12-11(7-9)17-14(18(12)10-2-3-10)13-8-16-5-6-19-13/h1,4,7,10,13,16H,2-3,5-6,8H2. The topological polar surface area (TPSA) is 39.1 Å². The second kappa shape index (κ2) is 4.28. The van der Waals surface area contributed by atoms with Gasteiger partial charge in [0.25, 0.3) is 0 Å². The van der Waals surface area contributed by atoms with Crippen LogP contribution in [0.2, 0.25) is 0 Å². The van der Waals surface area contributed by atoms with Gasteiger partial charge in [0.15, 0.2) is 0 Å². The van der Waals surface area contributed by atoms with Crippen LogP contribution in [0.3, 0.4) is 0 Å². The van der Waals surface area contributed by atoms with Crippen LogP contribution in [0.15, 0.2) is 18.2 Å². The minimum Gasteiger partial charge on any atom is -0.368 e. The van der Waals surface area contributed by atoms with E-state index in [1.165, 1.54) is 25.0 Å². The Hall–Kier alpha value is -1.46. The second-order valence-electron chi connectivity index (χ2n) is 5.27. The number of hydrogen-bond acceptors (Lipinski definition) is 3. The van der Waals surface area contributed by atoms with Crippen molar-refractivity contribution in [1.29, 1.82) is 0 Å². The molecule has 1 N–H and O–H groups in total. The normalized spacial score (nSPS) is 23.9. The van der Waals surface area contributed by atoms with Gasteiger partial charge in [-0.3, -0.25) is 0 Å². The molecular weight excluding hydrogens is 245 g/mol. The molecule has 5 heteroatoms. The average Bonchev–Trinajstić information content (AvgIpc) is 3.20. The molecule has 2 aliphatic rings. The number of aromatic nitrogens is 2. The second-order valence-corrected chi connectivity index (χ2v) is 5.27. The molecule has 4 nitrogen and oxygen atoms in total. The first kappa shape index (κ1) is 11.4. The van der Waals surface area contributed by atoms with Crippen molar-refractivity contribution in [2.24, 2.45) is 0 Å². The molecule has 100 valence electrons. The number of hydrogen-bond donors (Lipinski definition) is 1. The van der Waals surface area contributed by atoms with Crippen molar-refractivity contribution in [3.05, 3.63) is 29.8 Å². The fourth-order valence-corrected chi connectivity index (χ4v) is 2.77. The highest BCUT2D eigenvalue weighted by Gasteiger charge is 2.32. The zero-order chi connectivity index (χ0) is 12.8. The van der Waals surface area contributed by atoms with Crippen LogP contribution in [0.4, 0.5) is 4.39 Å². The fourth-order valence-electron chi connectivity index (χ4n) is 2.77. The van der Waals surface area contributed by atoms with Crippen molar-refractivity contribution in [2.75, 3.05) is 19.7 Å². The number of imidazole rings is 1. The highest BCUT2D eigenvalue weighted by molar-refractivity contribution is 5.76. The lowest BCUT2D eigenvalue weighted by Gasteiger charge is -2.24. The third-order valence-electron chi connectivity index (χ3n) is 3.81. The molecule has 1 saturated carbocycles. The lowest BCUT2D eigenvalue weighted by molar-refractivity contribution is 0.0202. The molecule has 0 bridgehead atoms. The molecule has 0 spiro atoms. The molecule has 1 atom stereocenters. The SMILES string of the molecule is Fc1ccc2c(c1)nc(C1CNCCO1)n2C1CC1. The van der Waals surface area contributed by atoms with E-state index in [4.69, 9.17) is 4.74 Å². The highest BCUT2D eigenvalue weighted by atomic mass is 19.1. The van der Waals surface area contributed by atoms with E-state index in [0.717, 1.165) is 29.9 Å². The molecular formula is C14H16FN3O. The maximum absolute atomic E-state index is 13.3. The van der Waals surface area contributed by atoms with E-state index in [9.17, 15) is 4.39 Å². The maximum Gasteiger partial charge on any atom is 0.140 e. The van der Waals surface area contributed by atoms with E-state index in [-0.39, 0.29) is 11.9 Å². The lowest BCUT2D eigenvalue weighted by atomic mass is 10.3. The molecule has 2 fully saturated rings. The summed E-state index contributed by atoms with van der Waals surface area (Å²) in [6.07, 6.45) is 2.33. The van der Waals surface area contributed by atoms with Crippen LogP contribution in [0, 0.1) is 5.82 Å². The predicted molar refractivity (Wildman–Crippen MR) is 69.5 cm³/mol. The maximum atomic E-state index is 13.3. The Labute approximate surface area is 110 Å². The van der Waals surface area contributed by atoms with Crippen LogP contribution >= 0.6 is 0 Å². The summed E-state index contributed by atoms with van der Waals surface area (Å²) in [7, 11) is 0. The molecule has 0 radical (unpaired) electrons. The Kier molecular flexibility index (Phi) is 2.56. The van der Waals surface area contributed by atoms with E-state index < -0.39 is 0 Å². The smallest absolute Gasteiger partial charge is 0.140 e. The third-order valence-corrected chi connectivity index (χ3v) is 3.81. The molecule has 1 unspecified atom stereocenters. The van der Waals surface area contributed by atoms with Gasteiger partial charge in [-0.05, 0) is 25.0 Å². The number of nitrogens with one attached hydrogen (secondary N) is 1.